The van der Waals surface area contributed by atoms with Crippen molar-refractivity contribution in [2.24, 2.45) is 0 Å². The van der Waals surface area contributed by atoms with E-state index in [2.05, 4.69) is 38.8 Å². The van der Waals surface area contributed by atoms with Crippen LogP contribution in [0.5, 0.6) is 11.5 Å². The summed E-state index contributed by atoms with van der Waals surface area (Å²) in [5.74, 6) is 0.749. The van der Waals surface area contributed by atoms with E-state index in [1.807, 2.05) is 75.4 Å². The first-order valence-corrected chi connectivity index (χ1v) is 18.7. The maximum absolute atomic E-state index is 13.7. The smallest absolute Gasteiger partial charge is 0.410 e. The van der Waals surface area contributed by atoms with Gasteiger partial charge in [-0.3, -0.25) is 4.79 Å². The number of aromatic amines is 1. The van der Waals surface area contributed by atoms with Gasteiger partial charge in [0, 0.05) is 18.0 Å². The van der Waals surface area contributed by atoms with Gasteiger partial charge < -0.3 is 28.9 Å². The molecule has 0 saturated heterocycles. The first-order valence-electron chi connectivity index (χ1n) is 15.8. The molecule has 0 aliphatic rings. The minimum Gasteiger partial charge on any atom is -0.508 e. The molecule has 1 heterocycles. The third-order valence-electron chi connectivity index (χ3n) is 8.36. The van der Waals surface area contributed by atoms with Crippen LogP contribution in [0.4, 0.5) is 4.79 Å². The summed E-state index contributed by atoms with van der Waals surface area (Å²) in [5, 5.41) is 10.4. The molecule has 246 valence electrons. The lowest BCUT2D eigenvalue weighted by Gasteiger charge is -2.41. The van der Waals surface area contributed by atoms with Gasteiger partial charge in [0.05, 0.1) is 18.2 Å². The fourth-order valence-electron chi connectivity index (χ4n) is 4.83. The van der Waals surface area contributed by atoms with E-state index >= 15 is 0 Å². The maximum atomic E-state index is 13.7. The van der Waals surface area contributed by atoms with Gasteiger partial charge in [0.15, 0.2) is 8.32 Å². The highest BCUT2D eigenvalue weighted by molar-refractivity contribution is 6.74. The lowest BCUT2D eigenvalue weighted by molar-refractivity contribution is 0.0159. The van der Waals surface area contributed by atoms with Gasteiger partial charge in [0.2, 0.25) is 5.56 Å². The zero-order valence-corrected chi connectivity index (χ0v) is 29.3. The molecule has 0 aliphatic carbocycles. The maximum Gasteiger partial charge on any atom is 0.410 e. The lowest BCUT2D eigenvalue weighted by atomic mass is 10.0. The highest BCUT2D eigenvalue weighted by Crippen LogP contribution is 2.42. The number of pyridine rings is 1. The SMILES string of the molecule is CC(C)(C)OC(=O)N(CCc1ccc(O)cc1)C[C@H](O[Si](C)(C)C(C)(C)C)c1ccc(OCc2ccccc2)c2[nH]c(=O)ccc12. The minimum absolute atomic E-state index is 0.100. The van der Waals surface area contributed by atoms with Gasteiger partial charge in [-0.2, -0.15) is 0 Å². The number of phenols is 1. The van der Waals surface area contributed by atoms with Gasteiger partial charge in [-0.1, -0.05) is 69.3 Å². The highest BCUT2D eigenvalue weighted by atomic mass is 28.4. The first-order chi connectivity index (χ1) is 21.5. The normalized spacial score (nSPS) is 13.0. The Morgan fingerprint density at radius 1 is 0.891 bits per heavy atom. The molecule has 0 bridgehead atoms. The second kappa shape index (κ2) is 14.1. The number of carbonyl (C=O) groups is 1. The summed E-state index contributed by atoms with van der Waals surface area (Å²) < 4.78 is 19.2. The lowest BCUT2D eigenvalue weighted by Crippen LogP contribution is -2.46. The van der Waals surface area contributed by atoms with Crippen LogP contribution in [0.25, 0.3) is 10.9 Å². The molecule has 0 saturated carbocycles. The topological polar surface area (TPSA) is 101 Å². The van der Waals surface area contributed by atoms with E-state index in [-0.39, 0.29) is 22.9 Å². The van der Waals surface area contributed by atoms with Crippen molar-refractivity contribution in [1.82, 2.24) is 9.88 Å². The Labute approximate surface area is 273 Å². The molecule has 8 nitrogen and oxygen atoms in total. The zero-order chi connectivity index (χ0) is 33.7. The Morgan fingerprint density at radius 2 is 1.57 bits per heavy atom. The van der Waals surface area contributed by atoms with Crippen molar-refractivity contribution < 1.29 is 23.8 Å². The molecule has 0 spiro atoms. The van der Waals surface area contributed by atoms with Crippen molar-refractivity contribution in [3.8, 4) is 11.5 Å². The van der Waals surface area contributed by atoms with Crippen LogP contribution >= 0.6 is 0 Å². The number of ether oxygens (including phenoxy) is 2. The van der Waals surface area contributed by atoms with Crippen LogP contribution in [0.15, 0.2) is 83.7 Å². The minimum atomic E-state index is -2.37. The molecule has 1 aromatic heterocycles. The van der Waals surface area contributed by atoms with E-state index in [4.69, 9.17) is 13.9 Å². The molecule has 1 amide bonds. The van der Waals surface area contributed by atoms with Crippen LogP contribution in [0, 0.1) is 0 Å². The van der Waals surface area contributed by atoms with E-state index in [0.717, 1.165) is 22.1 Å². The number of hydrogen-bond acceptors (Lipinski definition) is 6. The number of fused-ring (bicyclic) bond motifs is 1. The molecule has 2 N–H and O–H groups in total. The Bertz CT molecular complexity index is 1670. The number of rotatable bonds is 11. The summed E-state index contributed by atoms with van der Waals surface area (Å²) in [7, 11) is -2.37. The molecule has 4 aromatic rings. The predicted octanol–water partition coefficient (Wildman–Crippen LogP) is 8.36. The number of nitrogens with zero attached hydrogens (tertiary/aromatic N) is 1. The second-order valence-electron chi connectivity index (χ2n) is 14.2. The Kier molecular flexibility index (Phi) is 10.7. The summed E-state index contributed by atoms with van der Waals surface area (Å²) in [5.41, 5.74) is 2.50. The Hall–Kier alpha value is -4.08. The summed E-state index contributed by atoms with van der Waals surface area (Å²) >= 11 is 0. The summed E-state index contributed by atoms with van der Waals surface area (Å²) in [6, 6.07) is 24.0. The quantitative estimate of drug-likeness (QED) is 0.159. The molecule has 46 heavy (non-hydrogen) atoms. The summed E-state index contributed by atoms with van der Waals surface area (Å²) in [6.07, 6.45) is -0.396. The van der Waals surface area contributed by atoms with E-state index in [1.54, 1.807) is 23.1 Å². The number of nitrogens with one attached hydrogen (secondary N) is 1. The molecular formula is C37H48N2O6Si. The van der Waals surface area contributed by atoms with Crippen molar-refractivity contribution in [2.45, 2.75) is 84.4 Å². The molecule has 3 aromatic carbocycles. The van der Waals surface area contributed by atoms with Crippen LogP contribution in [0.1, 0.15) is 64.3 Å². The summed E-state index contributed by atoms with van der Waals surface area (Å²) in [4.78, 5) is 31.0. The number of aromatic hydroxyl groups is 1. The van der Waals surface area contributed by atoms with Gasteiger partial charge in [-0.05, 0) is 86.3 Å². The summed E-state index contributed by atoms with van der Waals surface area (Å²) in [6.45, 7) is 17.4. The number of carbonyl (C=O) groups excluding carboxylic acids is 1. The molecule has 0 aliphatic heterocycles. The molecule has 0 unspecified atom stereocenters. The van der Waals surface area contributed by atoms with Crippen molar-refractivity contribution in [1.29, 1.82) is 0 Å². The predicted molar refractivity (Wildman–Crippen MR) is 186 cm³/mol. The Balaban J connectivity index is 1.76. The van der Waals surface area contributed by atoms with E-state index in [9.17, 15) is 14.7 Å². The fourth-order valence-corrected chi connectivity index (χ4v) is 6.09. The van der Waals surface area contributed by atoms with Gasteiger partial charge in [-0.15, -0.1) is 0 Å². The van der Waals surface area contributed by atoms with Crippen LogP contribution in [-0.4, -0.2) is 48.1 Å². The first kappa shape index (κ1) is 34.8. The van der Waals surface area contributed by atoms with Crippen molar-refractivity contribution in [3.63, 3.8) is 0 Å². The fraction of sp³-hybridized carbons (Fsp3) is 0.405. The van der Waals surface area contributed by atoms with Crippen molar-refractivity contribution in [3.05, 3.63) is 106 Å². The van der Waals surface area contributed by atoms with Crippen LogP contribution in [0.3, 0.4) is 0 Å². The second-order valence-corrected chi connectivity index (χ2v) is 19.0. The van der Waals surface area contributed by atoms with Crippen molar-refractivity contribution in [2.75, 3.05) is 13.1 Å². The highest BCUT2D eigenvalue weighted by Gasteiger charge is 2.41. The average molecular weight is 645 g/mol. The van der Waals surface area contributed by atoms with Crippen LogP contribution < -0.4 is 10.3 Å². The third-order valence-corrected chi connectivity index (χ3v) is 12.8. The average Bonchev–Trinajstić information content (AvgIpc) is 2.97. The van der Waals surface area contributed by atoms with Crippen molar-refractivity contribution >= 4 is 25.3 Å². The molecular weight excluding hydrogens is 597 g/mol. The molecule has 0 radical (unpaired) electrons. The molecule has 1 atom stereocenters. The van der Waals surface area contributed by atoms with Crippen LogP contribution in [-0.2, 0) is 22.2 Å². The zero-order valence-electron chi connectivity index (χ0n) is 28.3. The molecule has 9 heteroatoms. The monoisotopic (exact) mass is 644 g/mol. The van der Waals surface area contributed by atoms with Crippen LogP contribution in [0.2, 0.25) is 18.1 Å². The van der Waals surface area contributed by atoms with Gasteiger partial charge >= 0.3 is 6.09 Å². The molecule has 0 fully saturated rings. The number of amides is 1. The van der Waals surface area contributed by atoms with E-state index in [0.29, 0.717) is 30.8 Å². The number of aromatic nitrogens is 1. The number of phenolic OH excluding ortho intramolecular Hbond substituents is 1. The largest absolute Gasteiger partial charge is 0.508 e. The van der Waals surface area contributed by atoms with Gasteiger partial charge in [-0.25, -0.2) is 4.79 Å². The Morgan fingerprint density at radius 3 is 2.20 bits per heavy atom. The third kappa shape index (κ3) is 9.23. The molecule has 4 rings (SSSR count). The van der Waals surface area contributed by atoms with Gasteiger partial charge in [0.25, 0.3) is 0 Å². The number of hydrogen-bond donors (Lipinski definition) is 2. The number of H-pyrrole nitrogens is 1. The van der Waals surface area contributed by atoms with E-state index < -0.39 is 26.1 Å². The number of benzene rings is 3. The van der Waals surface area contributed by atoms with Gasteiger partial charge in [0.1, 0.15) is 23.7 Å². The standard InChI is InChI=1S/C37H48N2O6Si/c1-36(2,3)44-35(42)39(23-22-26-14-16-28(40)17-15-26)24-32(45-46(7,8)37(4,5)6)29-18-20-31(34-30(29)19-21-33(41)38-34)43-25-27-12-10-9-11-13-27/h9-21,32,40H,22-25H2,1-8H3,(H,38,41)/t32-/m0/s1. The van der Waals surface area contributed by atoms with E-state index in [1.165, 1.54) is 6.07 Å².